The lowest BCUT2D eigenvalue weighted by Crippen LogP contribution is -2.34. The summed E-state index contributed by atoms with van der Waals surface area (Å²) in [5.41, 5.74) is 6.55. The second-order valence-corrected chi connectivity index (χ2v) is 7.20. The topological polar surface area (TPSA) is 38.4 Å². The number of hydrogen-bond donors (Lipinski definition) is 1. The Balaban J connectivity index is 2.66. The molecule has 0 aromatic rings. The van der Waals surface area contributed by atoms with Gasteiger partial charge in [0, 0.05) is 13.0 Å². The molecule has 2 heteroatoms. The standard InChI is InChI=1S/C15H30N2/c1-7-11(2)14(3,4)10-15(5,6)12-8-13(16)17-9-12/h11-12H,7-10H2,1-6H3,(H2,16,17). The maximum atomic E-state index is 5.82. The van der Waals surface area contributed by atoms with Crippen molar-refractivity contribution in [2.75, 3.05) is 6.54 Å². The van der Waals surface area contributed by atoms with E-state index in [4.69, 9.17) is 5.73 Å². The Morgan fingerprint density at radius 2 is 1.94 bits per heavy atom. The molecule has 1 heterocycles. The van der Waals surface area contributed by atoms with Gasteiger partial charge >= 0.3 is 0 Å². The molecule has 17 heavy (non-hydrogen) atoms. The van der Waals surface area contributed by atoms with Gasteiger partial charge in [0.2, 0.25) is 0 Å². The Morgan fingerprint density at radius 1 is 1.35 bits per heavy atom. The van der Waals surface area contributed by atoms with Crippen molar-refractivity contribution in [3.63, 3.8) is 0 Å². The Hall–Kier alpha value is -0.530. The summed E-state index contributed by atoms with van der Waals surface area (Å²) < 4.78 is 0. The Morgan fingerprint density at radius 3 is 2.35 bits per heavy atom. The van der Waals surface area contributed by atoms with Gasteiger partial charge in [-0.05, 0) is 29.1 Å². The van der Waals surface area contributed by atoms with Gasteiger partial charge in [-0.25, -0.2) is 0 Å². The van der Waals surface area contributed by atoms with Gasteiger partial charge in [-0.3, -0.25) is 4.99 Å². The van der Waals surface area contributed by atoms with Gasteiger partial charge in [-0.15, -0.1) is 0 Å². The van der Waals surface area contributed by atoms with E-state index in [2.05, 4.69) is 46.5 Å². The highest BCUT2D eigenvalue weighted by atomic mass is 14.9. The zero-order valence-electron chi connectivity index (χ0n) is 12.5. The first kappa shape index (κ1) is 14.5. The molecule has 0 radical (unpaired) electrons. The summed E-state index contributed by atoms with van der Waals surface area (Å²) in [4.78, 5) is 4.37. The molecule has 0 bridgehead atoms. The van der Waals surface area contributed by atoms with Gasteiger partial charge in [0.05, 0.1) is 5.84 Å². The van der Waals surface area contributed by atoms with Crippen molar-refractivity contribution in [3.05, 3.63) is 0 Å². The predicted octanol–water partition coefficient (Wildman–Crippen LogP) is 3.85. The molecule has 2 unspecified atom stereocenters. The summed E-state index contributed by atoms with van der Waals surface area (Å²) in [5.74, 6) is 2.25. The molecule has 0 amide bonds. The SMILES string of the molecule is CCC(C)C(C)(C)CC(C)(C)C1CN=C(N)C1. The van der Waals surface area contributed by atoms with Crippen LogP contribution in [0.25, 0.3) is 0 Å². The van der Waals surface area contributed by atoms with Crippen molar-refractivity contribution < 1.29 is 0 Å². The molecule has 2 N–H and O–H groups in total. The van der Waals surface area contributed by atoms with Crippen LogP contribution in [0, 0.1) is 22.7 Å². The number of nitrogens with zero attached hydrogens (tertiary/aromatic N) is 1. The van der Waals surface area contributed by atoms with Crippen molar-refractivity contribution in [2.45, 2.75) is 60.8 Å². The van der Waals surface area contributed by atoms with E-state index in [1.165, 1.54) is 12.8 Å². The Kier molecular flexibility index (Phi) is 4.27. The molecule has 0 aromatic carbocycles. The minimum atomic E-state index is 0.331. The first-order valence-electron chi connectivity index (χ1n) is 6.98. The predicted molar refractivity (Wildman–Crippen MR) is 76.2 cm³/mol. The van der Waals surface area contributed by atoms with Gasteiger partial charge in [0.25, 0.3) is 0 Å². The van der Waals surface area contributed by atoms with E-state index >= 15 is 0 Å². The van der Waals surface area contributed by atoms with E-state index in [0.29, 0.717) is 16.7 Å². The average Bonchev–Trinajstić information content (AvgIpc) is 2.62. The normalized spacial score (nSPS) is 23.6. The highest BCUT2D eigenvalue weighted by Crippen LogP contribution is 2.45. The van der Waals surface area contributed by atoms with E-state index < -0.39 is 0 Å². The lowest BCUT2D eigenvalue weighted by Gasteiger charge is -2.41. The van der Waals surface area contributed by atoms with Crippen LogP contribution in [0.3, 0.4) is 0 Å². The molecule has 1 aliphatic heterocycles. The molecule has 1 rings (SSSR count). The second-order valence-electron chi connectivity index (χ2n) is 7.20. The molecule has 0 fully saturated rings. The van der Waals surface area contributed by atoms with E-state index in [-0.39, 0.29) is 0 Å². The van der Waals surface area contributed by atoms with E-state index in [1.807, 2.05) is 0 Å². The van der Waals surface area contributed by atoms with Gasteiger partial charge in [-0.2, -0.15) is 0 Å². The highest BCUT2D eigenvalue weighted by molar-refractivity contribution is 5.82. The highest BCUT2D eigenvalue weighted by Gasteiger charge is 2.38. The van der Waals surface area contributed by atoms with Crippen LogP contribution in [0.15, 0.2) is 4.99 Å². The first-order chi connectivity index (χ1) is 7.69. The van der Waals surface area contributed by atoms with Crippen molar-refractivity contribution >= 4 is 5.84 Å². The molecule has 0 spiro atoms. The Bertz CT molecular complexity index is 289. The molecule has 0 aliphatic carbocycles. The zero-order chi connectivity index (χ0) is 13.3. The summed E-state index contributed by atoms with van der Waals surface area (Å²) in [5, 5.41) is 0. The fourth-order valence-electron chi connectivity index (χ4n) is 3.18. The van der Waals surface area contributed by atoms with Crippen LogP contribution in [0.1, 0.15) is 60.8 Å². The van der Waals surface area contributed by atoms with Gasteiger partial charge in [-0.1, -0.05) is 48.0 Å². The molecule has 0 saturated heterocycles. The summed E-state index contributed by atoms with van der Waals surface area (Å²) in [6.45, 7) is 15.2. The Labute approximate surface area is 107 Å². The number of rotatable bonds is 5. The molecule has 2 nitrogen and oxygen atoms in total. The zero-order valence-corrected chi connectivity index (χ0v) is 12.5. The number of amidine groups is 1. The van der Waals surface area contributed by atoms with Crippen molar-refractivity contribution in [1.29, 1.82) is 0 Å². The number of aliphatic imine (C=N–C) groups is 1. The molecule has 1 aliphatic rings. The van der Waals surface area contributed by atoms with Crippen molar-refractivity contribution in [1.82, 2.24) is 0 Å². The third kappa shape index (κ3) is 3.46. The van der Waals surface area contributed by atoms with Crippen LogP contribution in [-0.4, -0.2) is 12.4 Å². The summed E-state index contributed by atoms with van der Waals surface area (Å²) >= 11 is 0. The van der Waals surface area contributed by atoms with Crippen LogP contribution in [0.2, 0.25) is 0 Å². The quantitative estimate of drug-likeness (QED) is 0.776. The number of nitrogens with two attached hydrogens (primary N) is 1. The molecular formula is C15H30N2. The molecule has 100 valence electrons. The van der Waals surface area contributed by atoms with Crippen molar-refractivity contribution in [3.8, 4) is 0 Å². The first-order valence-corrected chi connectivity index (χ1v) is 6.98. The number of hydrogen-bond acceptors (Lipinski definition) is 2. The van der Waals surface area contributed by atoms with Crippen LogP contribution in [-0.2, 0) is 0 Å². The van der Waals surface area contributed by atoms with E-state index in [9.17, 15) is 0 Å². The minimum absolute atomic E-state index is 0.331. The molecule has 0 saturated carbocycles. The van der Waals surface area contributed by atoms with E-state index in [0.717, 1.165) is 24.7 Å². The lowest BCUT2D eigenvalue weighted by atomic mass is 9.63. The van der Waals surface area contributed by atoms with Crippen molar-refractivity contribution in [2.24, 2.45) is 33.4 Å². The summed E-state index contributed by atoms with van der Waals surface area (Å²) in [6, 6.07) is 0. The third-order valence-electron chi connectivity index (χ3n) is 4.93. The van der Waals surface area contributed by atoms with Gasteiger partial charge in [0.15, 0.2) is 0 Å². The summed E-state index contributed by atoms with van der Waals surface area (Å²) in [7, 11) is 0. The largest absolute Gasteiger partial charge is 0.387 e. The minimum Gasteiger partial charge on any atom is -0.387 e. The molecular weight excluding hydrogens is 208 g/mol. The fraction of sp³-hybridized carbons (Fsp3) is 0.933. The van der Waals surface area contributed by atoms with Crippen LogP contribution < -0.4 is 5.73 Å². The maximum Gasteiger partial charge on any atom is 0.0940 e. The van der Waals surface area contributed by atoms with Crippen LogP contribution >= 0.6 is 0 Å². The smallest absolute Gasteiger partial charge is 0.0940 e. The molecule has 0 aromatic heterocycles. The van der Waals surface area contributed by atoms with Crippen LogP contribution in [0.5, 0.6) is 0 Å². The van der Waals surface area contributed by atoms with Crippen LogP contribution in [0.4, 0.5) is 0 Å². The monoisotopic (exact) mass is 238 g/mol. The third-order valence-corrected chi connectivity index (χ3v) is 4.93. The lowest BCUT2D eigenvalue weighted by molar-refractivity contribution is 0.0885. The summed E-state index contributed by atoms with van der Waals surface area (Å²) in [6.07, 6.45) is 3.50. The van der Waals surface area contributed by atoms with Gasteiger partial charge in [0.1, 0.15) is 0 Å². The average molecular weight is 238 g/mol. The van der Waals surface area contributed by atoms with E-state index in [1.54, 1.807) is 0 Å². The molecule has 2 atom stereocenters. The fourth-order valence-corrected chi connectivity index (χ4v) is 3.18. The second kappa shape index (κ2) is 4.99. The van der Waals surface area contributed by atoms with Gasteiger partial charge < -0.3 is 5.73 Å². The maximum absolute atomic E-state index is 5.82.